The molecule has 2 aliphatic rings. The van der Waals surface area contributed by atoms with E-state index in [4.69, 9.17) is 0 Å². The van der Waals surface area contributed by atoms with Crippen LogP contribution in [0.2, 0.25) is 0 Å². The molecule has 27 heavy (non-hydrogen) atoms. The first-order chi connectivity index (χ1) is 13.0. The minimum atomic E-state index is -0.174. The third kappa shape index (κ3) is 3.56. The van der Waals surface area contributed by atoms with Crippen LogP contribution in [0.25, 0.3) is 0 Å². The summed E-state index contributed by atoms with van der Waals surface area (Å²) in [5.74, 6) is 1.59. The normalized spacial score (nSPS) is 30.9. The lowest BCUT2D eigenvalue weighted by molar-refractivity contribution is 0.109. The zero-order chi connectivity index (χ0) is 19.0. The number of aromatic nitrogens is 2. The Labute approximate surface area is 162 Å². The van der Waals surface area contributed by atoms with Gasteiger partial charge in [0.15, 0.2) is 0 Å². The van der Waals surface area contributed by atoms with Crippen LogP contribution < -0.4 is 5.32 Å². The molecule has 0 radical (unpaired) electrons. The van der Waals surface area contributed by atoms with Crippen molar-refractivity contribution in [2.24, 2.45) is 17.8 Å². The number of aliphatic hydroxyl groups is 1. The fourth-order valence-electron chi connectivity index (χ4n) is 5.44. The molecular formula is C22H32N4O. The molecule has 3 heterocycles. The summed E-state index contributed by atoms with van der Waals surface area (Å²) in [6.45, 7) is 7.66. The first kappa shape index (κ1) is 18.7. The van der Waals surface area contributed by atoms with Crippen molar-refractivity contribution in [1.82, 2.24) is 20.0 Å². The standard InChI is InChI=1S/C22H32N4O/c1-16(2)11-22(15-27)20-14-25(3)13-19(20)21(24-22)18-7-4-6-17(10-18)12-26-9-5-8-23-26/h4-10,16,19-21,24,27H,11-15H2,1-3H3/t19-,20+,21-,22+/m1/s1. The summed E-state index contributed by atoms with van der Waals surface area (Å²) in [7, 11) is 2.21. The molecule has 4 atom stereocenters. The highest BCUT2D eigenvalue weighted by atomic mass is 16.3. The van der Waals surface area contributed by atoms with Crippen molar-refractivity contribution in [1.29, 1.82) is 0 Å². The van der Waals surface area contributed by atoms with E-state index in [2.05, 4.69) is 60.5 Å². The summed E-state index contributed by atoms with van der Waals surface area (Å²) in [4.78, 5) is 2.43. The highest BCUT2D eigenvalue weighted by Crippen LogP contribution is 2.49. The number of likely N-dealkylation sites (tertiary alicyclic amines) is 1. The monoisotopic (exact) mass is 368 g/mol. The van der Waals surface area contributed by atoms with Crippen molar-refractivity contribution in [3.05, 3.63) is 53.9 Å². The summed E-state index contributed by atoms with van der Waals surface area (Å²) < 4.78 is 1.96. The van der Waals surface area contributed by atoms with Crippen molar-refractivity contribution < 1.29 is 5.11 Å². The predicted octanol–water partition coefficient (Wildman–Crippen LogP) is 2.53. The molecule has 2 N–H and O–H groups in total. The molecule has 4 rings (SSSR count). The maximum atomic E-state index is 10.4. The molecule has 5 heteroatoms. The molecule has 0 unspecified atom stereocenters. The minimum absolute atomic E-state index is 0.174. The van der Waals surface area contributed by atoms with E-state index in [0.717, 1.165) is 26.1 Å². The summed E-state index contributed by atoms with van der Waals surface area (Å²) in [6.07, 6.45) is 4.84. The van der Waals surface area contributed by atoms with Crippen molar-refractivity contribution in [2.75, 3.05) is 26.7 Å². The molecule has 1 aromatic carbocycles. The van der Waals surface area contributed by atoms with Crippen LogP contribution in [-0.4, -0.2) is 52.1 Å². The zero-order valence-corrected chi connectivity index (χ0v) is 16.7. The van der Waals surface area contributed by atoms with Crippen LogP contribution in [0.4, 0.5) is 0 Å². The Hall–Kier alpha value is -1.69. The lowest BCUT2D eigenvalue weighted by Gasteiger charge is -2.36. The van der Waals surface area contributed by atoms with Gasteiger partial charge in [-0.3, -0.25) is 4.68 Å². The number of aliphatic hydroxyl groups excluding tert-OH is 1. The summed E-state index contributed by atoms with van der Waals surface area (Å²) >= 11 is 0. The van der Waals surface area contributed by atoms with Crippen LogP contribution in [0.5, 0.6) is 0 Å². The number of hydrogen-bond donors (Lipinski definition) is 2. The number of benzene rings is 1. The molecule has 1 aromatic heterocycles. The van der Waals surface area contributed by atoms with E-state index in [-0.39, 0.29) is 12.1 Å². The van der Waals surface area contributed by atoms with Crippen LogP contribution >= 0.6 is 0 Å². The van der Waals surface area contributed by atoms with Gasteiger partial charge in [0.05, 0.1) is 13.2 Å². The molecule has 0 saturated carbocycles. The van der Waals surface area contributed by atoms with Crippen molar-refractivity contribution in [3.63, 3.8) is 0 Å². The topological polar surface area (TPSA) is 53.3 Å². The Morgan fingerprint density at radius 2 is 2.15 bits per heavy atom. The van der Waals surface area contributed by atoms with Gasteiger partial charge in [0, 0.05) is 37.1 Å². The van der Waals surface area contributed by atoms with Gasteiger partial charge in [-0.25, -0.2) is 0 Å². The molecular weight excluding hydrogens is 336 g/mol. The molecule has 0 amide bonds. The quantitative estimate of drug-likeness (QED) is 0.823. The SMILES string of the molecule is CC(C)C[C@@]1(CO)N[C@H](c2cccc(Cn3cccn3)c2)[C@@H]2CN(C)C[C@@H]21. The van der Waals surface area contributed by atoms with Gasteiger partial charge in [0.2, 0.25) is 0 Å². The molecule has 0 bridgehead atoms. The minimum Gasteiger partial charge on any atom is -0.394 e. The number of hydrogen-bond acceptors (Lipinski definition) is 4. The summed E-state index contributed by atoms with van der Waals surface area (Å²) in [5, 5.41) is 18.6. The largest absolute Gasteiger partial charge is 0.394 e. The fraction of sp³-hybridized carbons (Fsp3) is 0.591. The third-order valence-corrected chi connectivity index (χ3v) is 6.40. The van der Waals surface area contributed by atoms with Crippen molar-refractivity contribution >= 4 is 0 Å². The van der Waals surface area contributed by atoms with Crippen LogP contribution in [0.15, 0.2) is 42.7 Å². The fourth-order valence-corrected chi connectivity index (χ4v) is 5.44. The molecule has 146 valence electrons. The van der Waals surface area contributed by atoms with Gasteiger partial charge in [-0.15, -0.1) is 0 Å². The lowest BCUT2D eigenvalue weighted by Crippen LogP contribution is -2.51. The van der Waals surface area contributed by atoms with Crippen LogP contribution in [0.3, 0.4) is 0 Å². The van der Waals surface area contributed by atoms with Crippen molar-refractivity contribution in [3.8, 4) is 0 Å². The summed E-state index contributed by atoms with van der Waals surface area (Å²) in [5.41, 5.74) is 2.43. The predicted molar refractivity (Wildman–Crippen MR) is 107 cm³/mol. The smallest absolute Gasteiger partial charge is 0.0659 e. The van der Waals surface area contributed by atoms with E-state index in [1.54, 1.807) is 0 Å². The lowest BCUT2D eigenvalue weighted by atomic mass is 9.76. The number of fused-ring (bicyclic) bond motifs is 1. The second-order valence-electron chi connectivity index (χ2n) is 8.97. The Bertz CT molecular complexity index is 759. The van der Waals surface area contributed by atoms with Crippen molar-refractivity contribution in [2.45, 2.75) is 38.4 Å². The van der Waals surface area contributed by atoms with Gasteiger partial charge >= 0.3 is 0 Å². The molecule has 2 fully saturated rings. The number of nitrogens with zero attached hydrogens (tertiary/aromatic N) is 3. The van der Waals surface area contributed by atoms with Crippen LogP contribution in [-0.2, 0) is 6.54 Å². The van der Waals surface area contributed by atoms with E-state index in [0.29, 0.717) is 23.8 Å². The molecule has 0 aliphatic carbocycles. The average molecular weight is 369 g/mol. The Kier molecular flexibility index (Phi) is 5.10. The van der Waals surface area contributed by atoms with Gasteiger partial charge in [0.25, 0.3) is 0 Å². The third-order valence-electron chi connectivity index (χ3n) is 6.40. The van der Waals surface area contributed by atoms with E-state index >= 15 is 0 Å². The Morgan fingerprint density at radius 1 is 1.30 bits per heavy atom. The second kappa shape index (κ2) is 7.38. The highest BCUT2D eigenvalue weighted by Gasteiger charge is 2.56. The molecule has 5 nitrogen and oxygen atoms in total. The highest BCUT2D eigenvalue weighted by molar-refractivity contribution is 5.30. The second-order valence-corrected chi connectivity index (χ2v) is 8.97. The number of rotatable bonds is 6. The Morgan fingerprint density at radius 3 is 2.85 bits per heavy atom. The van der Waals surface area contributed by atoms with Gasteiger partial charge in [-0.2, -0.15) is 5.10 Å². The maximum Gasteiger partial charge on any atom is 0.0659 e. The van der Waals surface area contributed by atoms with Gasteiger partial charge in [-0.1, -0.05) is 38.1 Å². The summed E-state index contributed by atoms with van der Waals surface area (Å²) in [6, 6.07) is 11.1. The molecule has 0 spiro atoms. The van der Waals surface area contributed by atoms with E-state index in [1.165, 1.54) is 11.1 Å². The molecule has 2 aromatic rings. The Balaban J connectivity index is 1.63. The maximum absolute atomic E-state index is 10.4. The van der Waals surface area contributed by atoms with Gasteiger partial charge < -0.3 is 15.3 Å². The van der Waals surface area contributed by atoms with Crippen LogP contribution in [0.1, 0.15) is 37.4 Å². The molecule has 2 aliphatic heterocycles. The average Bonchev–Trinajstić information content (AvgIpc) is 3.33. The van der Waals surface area contributed by atoms with Gasteiger partial charge in [0.1, 0.15) is 0 Å². The van der Waals surface area contributed by atoms with Gasteiger partial charge in [-0.05, 0) is 48.4 Å². The van der Waals surface area contributed by atoms with E-state index < -0.39 is 0 Å². The first-order valence-corrected chi connectivity index (χ1v) is 10.1. The van der Waals surface area contributed by atoms with E-state index in [1.807, 2.05) is 23.1 Å². The van der Waals surface area contributed by atoms with Crippen LogP contribution in [0, 0.1) is 17.8 Å². The van der Waals surface area contributed by atoms with E-state index in [9.17, 15) is 5.11 Å². The first-order valence-electron chi connectivity index (χ1n) is 10.1. The number of nitrogens with one attached hydrogen (secondary N) is 1. The molecule has 2 saturated heterocycles. The zero-order valence-electron chi connectivity index (χ0n) is 16.7.